The van der Waals surface area contributed by atoms with Crippen molar-refractivity contribution in [3.8, 4) is 0 Å². The van der Waals surface area contributed by atoms with E-state index in [1.807, 2.05) is 6.92 Å². The van der Waals surface area contributed by atoms with Crippen molar-refractivity contribution in [3.05, 3.63) is 6.33 Å². The Bertz CT molecular complexity index is 853. The van der Waals surface area contributed by atoms with Crippen LogP contribution in [0, 0.1) is 11.3 Å². The van der Waals surface area contributed by atoms with Crippen LogP contribution in [0.2, 0.25) is 0 Å². The molecule has 0 spiro atoms. The lowest BCUT2D eigenvalue weighted by molar-refractivity contribution is -0.132. The molecule has 2 aromatic rings. The number of carbonyl (C=O) groups excluding carboxylic acids is 1. The van der Waals surface area contributed by atoms with Crippen LogP contribution in [-0.2, 0) is 4.79 Å². The van der Waals surface area contributed by atoms with E-state index in [9.17, 15) is 15.0 Å². The molecule has 5 atom stereocenters. The molecule has 1 amide bonds. The molecule has 0 aliphatic heterocycles. The molecule has 6 N–H and O–H groups in total. The van der Waals surface area contributed by atoms with Crippen LogP contribution in [0.5, 0.6) is 0 Å². The molecule has 25 heavy (non-hydrogen) atoms. The van der Waals surface area contributed by atoms with E-state index in [1.54, 1.807) is 10.9 Å². The Hall–Kier alpha value is -2.46. The maximum Gasteiger partial charge on any atom is 0.229 e. The molecule has 2 aromatic heterocycles. The van der Waals surface area contributed by atoms with E-state index in [1.165, 1.54) is 7.05 Å². The number of nitrogens with two attached hydrogens (primary N) is 1. The fourth-order valence-electron chi connectivity index (χ4n) is 4.23. The minimum absolute atomic E-state index is 0.0894. The van der Waals surface area contributed by atoms with Gasteiger partial charge in [0.2, 0.25) is 11.9 Å². The highest BCUT2D eigenvalue weighted by molar-refractivity contribution is 5.88. The van der Waals surface area contributed by atoms with Crippen LogP contribution in [0.4, 0.5) is 11.8 Å². The number of hydrogen-bond acceptors (Lipinski definition) is 8. The van der Waals surface area contributed by atoms with Crippen LogP contribution < -0.4 is 16.4 Å². The van der Waals surface area contributed by atoms with Gasteiger partial charge in [0.05, 0.1) is 23.9 Å². The minimum atomic E-state index is -1.13. The number of aliphatic hydroxyl groups is 2. The van der Waals surface area contributed by atoms with E-state index < -0.39 is 23.7 Å². The lowest BCUT2D eigenvalue weighted by atomic mass is 9.98. The lowest BCUT2D eigenvalue weighted by Gasteiger charge is -2.23. The van der Waals surface area contributed by atoms with Gasteiger partial charge in [-0.05, 0) is 13.3 Å². The van der Waals surface area contributed by atoms with E-state index in [-0.39, 0.29) is 17.8 Å². The average molecular weight is 347 g/mol. The van der Waals surface area contributed by atoms with E-state index in [4.69, 9.17) is 5.73 Å². The Balaban J connectivity index is 1.80. The second kappa shape index (κ2) is 5.27. The summed E-state index contributed by atoms with van der Waals surface area (Å²) in [6.45, 7) is 2.58. The van der Waals surface area contributed by atoms with E-state index >= 15 is 0 Å². The molecule has 134 valence electrons. The van der Waals surface area contributed by atoms with Gasteiger partial charge in [0.1, 0.15) is 6.10 Å². The summed E-state index contributed by atoms with van der Waals surface area (Å²) in [4.78, 5) is 25.0. The normalized spacial score (nSPS) is 33.3. The van der Waals surface area contributed by atoms with Crippen LogP contribution in [0.1, 0.15) is 19.4 Å². The summed E-state index contributed by atoms with van der Waals surface area (Å²) < 4.78 is 1.70. The van der Waals surface area contributed by atoms with E-state index in [0.717, 1.165) is 0 Å². The van der Waals surface area contributed by atoms with Crippen molar-refractivity contribution in [2.24, 2.45) is 11.3 Å². The van der Waals surface area contributed by atoms with Crippen molar-refractivity contribution < 1.29 is 15.0 Å². The second-order valence-electron chi connectivity index (χ2n) is 6.64. The highest BCUT2D eigenvalue weighted by Crippen LogP contribution is 2.67. The average Bonchev–Trinajstić information content (AvgIpc) is 3.13. The molecule has 2 unspecified atom stereocenters. The fourth-order valence-corrected chi connectivity index (χ4v) is 4.23. The summed E-state index contributed by atoms with van der Waals surface area (Å²) in [5.41, 5.74) is 5.87. The predicted octanol–water partition coefficient (Wildman–Crippen LogP) is -1.13. The number of aliphatic hydroxyl groups excluding tert-OH is 2. The minimum Gasteiger partial charge on any atom is -0.389 e. The number of fused-ring (bicyclic) bond motifs is 2. The van der Waals surface area contributed by atoms with Crippen LogP contribution in [-0.4, -0.2) is 61.4 Å². The summed E-state index contributed by atoms with van der Waals surface area (Å²) in [7, 11) is 1.53. The Morgan fingerprint density at radius 3 is 2.92 bits per heavy atom. The Kier molecular flexibility index (Phi) is 3.38. The van der Waals surface area contributed by atoms with Gasteiger partial charge in [-0.15, -0.1) is 0 Å². The molecule has 0 saturated heterocycles. The van der Waals surface area contributed by atoms with Gasteiger partial charge in [-0.1, -0.05) is 0 Å². The number of nitrogens with one attached hydrogen (secondary N) is 2. The van der Waals surface area contributed by atoms with Crippen molar-refractivity contribution >= 4 is 28.8 Å². The highest BCUT2D eigenvalue weighted by Gasteiger charge is 2.75. The van der Waals surface area contributed by atoms with Crippen molar-refractivity contribution in [2.45, 2.75) is 31.6 Å². The summed E-state index contributed by atoms with van der Waals surface area (Å²) in [5.74, 6) is 0.170. The number of aromatic nitrogens is 4. The van der Waals surface area contributed by atoms with Crippen molar-refractivity contribution in [2.75, 3.05) is 24.6 Å². The fraction of sp³-hybridized carbons (Fsp3) is 0.600. The van der Waals surface area contributed by atoms with Crippen molar-refractivity contribution in [1.82, 2.24) is 24.8 Å². The zero-order valence-corrected chi connectivity index (χ0v) is 14.0. The molecule has 2 aliphatic rings. The predicted molar refractivity (Wildman–Crippen MR) is 89.6 cm³/mol. The number of anilines is 2. The summed E-state index contributed by atoms with van der Waals surface area (Å²) in [5, 5.41) is 26.7. The number of hydrogen-bond donors (Lipinski definition) is 5. The zero-order chi connectivity index (χ0) is 17.9. The first-order chi connectivity index (χ1) is 12.0. The number of amides is 1. The van der Waals surface area contributed by atoms with Gasteiger partial charge in [-0.25, -0.2) is 4.98 Å². The molecule has 2 saturated carbocycles. The third-order valence-electron chi connectivity index (χ3n) is 5.43. The van der Waals surface area contributed by atoms with Gasteiger partial charge in [-0.2, -0.15) is 9.97 Å². The molecule has 2 fully saturated rings. The van der Waals surface area contributed by atoms with Crippen molar-refractivity contribution in [1.29, 1.82) is 0 Å². The maximum absolute atomic E-state index is 12.2. The molecule has 4 rings (SSSR count). The standard InChI is InChI=1S/C15H21N7O3/c1-3-18-11-7-12(21-14(16)20-11)22(5-19-7)8-6-4-15(6,13(25)17-2)10(24)9(8)23/h5-6,8-10,23-24H,3-4H2,1-2H3,(H,17,25)(H3,16,18,20,21)/t6-,8-,9?,10?,15+/m1/s1. The van der Waals surface area contributed by atoms with Gasteiger partial charge in [0.15, 0.2) is 17.0 Å². The first-order valence-corrected chi connectivity index (χ1v) is 8.28. The van der Waals surface area contributed by atoms with Gasteiger partial charge in [-0.3, -0.25) is 4.79 Å². The SMILES string of the molecule is CCNc1nc(N)nc2c1ncn2[C@H]1C(O)C(O)[C@]2(C(=O)NC)C[C@H]12. The van der Waals surface area contributed by atoms with Crippen LogP contribution in [0.25, 0.3) is 11.2 Å². The van der Waals surface area contributed by atoms with Gasteiger partial charge in [0.25, 0.3) is 0 Å². The molecule has 0 radical (unpaired) electrons. The monoisotopic (exact) mass is 347 g/mol. The molecule has 2 heterocycles. The van der Waals surface area contributed by atoms with Crippen LogP contribution in [0.3, 0.4) is 0 Å². The maximum atomic E-state index is 12.2. The molecule has 0 aromatic carbocycles. The molecule has 0 bridgehead atoms. The number of nitrogens with zero attached hydrogens (tertiary/aromatic N) is 4. The number of rotatable bonds is 4. The number of nitrogen functional groups attached to an aromatic ring is 1. The third-order valence-corrected chi connectivity index (χ3v) is 5.43. The molecular weight excluding hydrogens is 326 g/mol. The number of imidazole rings is 1. The molecule has 2 aliphatic carbocycles. The van der Waals surface area contributed by atoms with Crippen molar-refractivity contribution in [3.63, 3.8) is 0 Å². The van der Waals surface area contributed by atoms with E-state index in [0.29, 0.717) is 29.9 Å². The van der Waals surface area contributed by atoms with Crippen LogP contribution in [0.15, 0.2) is 6.33 Å². The molecular formula is C15H21N7O3. The highest BCUT2D eigenvalue weighted by atomic mass is 16.3. The lowest BCUT2D eigenvalue weighted by Crippen LogP contribution is -2.41. The summed E-state index contributed by atoms with van der Waals surface area (Å²) >= 11 is 0. The van der Waals surface area contributed by atoms with Gasteiger partial charge >= 0.3 is 0 Å². The summed E-state index contributed by atoms with van der Waals surface area (Å²) in [6.07, 6.45) is -0.159. The smallest absolute Gasteiger partial charge is 0.229 e. The first kappa shape index (κ1) is 16.0. The Morgan fingerprint density at radius 1 is 1.48 bits per heavy atom. The van der Waals surface area contributed by atoms with Crippen LogP contribution >= 0.6 is 0 Å². The Morgan fingerprint density at radius 2 is 2.24 bits per heavy atom. The first-order valence-electron chi connectivity index (χ1n) is 8.28. The largest absolute Gasteiger partial charge is 0.389 e. The topological polar surface area (TPSA) is 151 Å². The molecule has 10 nitrogen and oxygen atoms in total. The zero-order valence-electron chi connectivity index (χ0n) is 14.0. The second-order valence-corrected chi connectivity index (χ2v) is 6.64. The van der Waals surface area contributed by atoms with E-state index in [2.05, 4.69) is 25.6 Å². The number of carbonyl (C=O) groups is 1. The van der Waals surface area contributed by atoms with Gasteiger partial charge < -0.3 is 31.1 Å². The summed E-state index contributed by atoms with van der Waals surface area (Å²) in [6, 6.07) is -0.499. The molecule has 10 heteroatoms. The quantitative estimate of drug-likeness (QED) is 0.466. The third kappa shape index (κ3) is 1.97. The van der Waals surface area contributed by atoms with Gasteiger partial charge in [0, 0.05) is 19.5 Å². The Labute approximate surface area is 143 Å².